The van der Waals surface area contributed by atoms with Gasteiger partial charge in [-0.15, -0.1) is 0 Å². The van der Waals surface area contributed by atoms with Crippen LogP contribution in [0.25, 0.3) is 0 Å². The Kier molecular flexibility index (Phi) is 2.17. The van der Waals surface area contributed by atoms with Gasteiger partial charge in [-0.2, -0.15) is 0 Å². The Balaban J connectivity index is 1.99. The first-order valence-electron chi connectivity index (χ1n) is 7.13. The van der Waals surface area contributed by atoms with E-state index in [9.17, 15) is 10.2 Å². The number of fused-ring (bicyclic) bond motifs is 3. The molecule has 0 aromatic rings. The lowest BCUT2D eigenvalue weighted by molar-refractivity contribution is -0.0663. The Morgan fingerprint density at radius 1 is 0.765 bits per heavy atom. The summed E-state index contributed by atoms with van der Waals surface area (Å²) < 4.78 is 0. The van der Waals surface area contributed by atoms with Crippen molar-refractivity contribution in [3.05, 3.63) is 0 Å². The molecule has 0 amide bonds. The Bertz CT molecular complexity index is 343. The number of rotatable bonds is 0. The molecule has 0 radical (unpaired) electrons. The van der Waals surface area contributed by atoms with Crippen LogP contribution in [0.5, 0.6) is 0 Å². The van der Waals surface area contributed by atoms with Crippen LogP contribution < -0.4 is 0 Å². The first-order valence-corrected chi connectivity index (χ1v) is 7.13. The molecule has 0 unspecified atom stereocenters. The van der Waals surface area contributed by atoms with Crippen molar-refractivity contribution in [3.8, 4) is 0 Å². The van der Waals surface area contributed by atoms with Gasteiger partial charge in [0.25, 0.3) is 0 Å². The summed E-state index contributed by atoms with van der Waals surface area (Å²) in [4.78, 5) is 0. The normalized spacial score (nSPS) is 60.4. The molecule has 3 aliphatic carbocycles. The monoisotopic (exact) mass is 238 g/mol. The maximum atomic E-state index is 10.7. The molecule has 2 nitrogen and oxygen atoms in total. The summed E-state index contributed by atoms with van der Waals surface area (Å²) >= 11 is 0. The number of hydrogen-bond donors (Lipinski definition) is 2. The second-order valence-electron chi connectivity index (χ2n) is 7.88. The summed E-state index contributed by atoms with van der Waals surface area (Å²) in [5.41, 5.74) is -0.738. The van der Waals surface area contributed by atoms with Crippen LogP contribution >= 0.6 is 0 Å². The summed E-state index contributed by atoms with van der Waals surface area (Å²) in [6, 6.07) is 0. The third-order valence-corrected chi connectivity index (χ3v) is 6.40. The van der Waals surface area contributed by atoms with Gasteiger partial charge in [0, 0.05) is 0 Å². The van der Waals surface area contributed by atoms with Crippen LogP contribution in [0.3, 0.4) is 0 Å². The van der Waals surface area contributed by atoms with E-state index in [1.807, 2.05) is 13.8 Å². The quantitative estimate of drug-likeness (QED) is 0.681. The van der Waals surface area contributed by atoms with Gasteiger partial charge in [-0.05, 0) is 68.6 Å². The zero-order valence-corrected chi connectivity index (χ0v) is 11.5. The van der Waals surface area contributed by atoms with Gasteiger partial charge in [-0.3, -0.25) is 0 Å². The summed E-state index contributed by atoms with van der Waals surface area (Å²) in [7, 11) is 0. The van der Waals surface area contributed by atoms with E-state index in [4.69, 9.17) is 0 Å². The summed E-state index contributed by atoms with van der Waals surface area (Å²) in [5, 5.41) is 21.3. The fourth-order valence-electron chi connectivity index (χ4n) is 5.25. The van der Waals surface area contributed by atoms with Crippen molar-refractivity contribution in [3.63, 3.8) is 0 Å². The summed E-state index contributed by atoms with van der Waals surface area (Å²) in [6.07, 6.45) is 3.89. The Morgan fingerprint density at radius 3 is 1.94 bits per heavy atom. The maximum absolute atomic E-state index is 10.7. The summed E-state index contributed by atoms with van der Waals surface area (Å²) in [6.45, 7) is 8.66. The van der Waals surface area contributed by atoms with Gasteiger partial charge in [0.1, 0.15) is 0 Å². The van der Waals surface area contributed by atoms with Crippen LogP contribution in [0.1, 0.15) is 53.4 Å². The van der Waals surface area contributed by atoms with Crippen LogP contribution in [0.15, 0.2) is 0 Å². The fraction of sp³-hybridized carbons (Fsp3) is 1.00. The highest BCUT2D eigenvalue weighted by Gasteiger charge is 2.69. The first kappa shape index (κ1) is 12.0. The predicted octanol–water partition coefficient (Wildman–Crippen LogP) is 2.58. The Labute approximate surface area is 104 Å². The van der Waals surface area contributed by atoms with Crippen molar-refractivity contribution in [2.75, 3.05) is 0 Å². The maximum Gasteiger partial charge on any atom is 0.0654 e. The van der Waals surface area contributed by atoms with E-state index in [1.165, 1.54) is 0 Å². The summed E-state index contributed by atoms with van der Waals surface area (Å²) in [5.74, 6) is 1.95. The molecule has 3 rings (SSSR count). The van der Waals surface area contributed by atoms with Crippen LogP contribution in [-0.4, -0.2) is 21.4 Å². The molecule has 3 saturated carbocycles. The average Bonchev–Trinajstić information content (AvgIpc) is 2.59. The predicted molar refractivity (Wildman–Crippen MR) is 67.5 cm³/mol. The molecule has 3 fully saturated rings. The molecular weight excluding hydrogens is 212 g/mol. The van der Waals surface area contributed by atoms with Crippen LogP contribution in [0, 0.1) is 29.1 Å². The van der Waals surface area contributed by atoms with Gasteiger partial charge in [0.2, 0.25) is 0 Å². The molecule has 0 heterocycles. The topological polar surface area (TPSA) is 40.5 Å². The highest BCUT2D eigenvalue weighted by Crippen LogP contribution is 2.71. The number of hydrogen-bond acceptors (Lipinski definition) is 2. The highest BCUT2D eigenvalue weighted by molar-refractivity contribution is 5.18. The van der Waals surface area contributed by atoms with Gasteiger partial charge in [0.05, 0.1) is 11.2 Å². The van der Waals surface area contributed by atoms with E-state index < -0.39 is 11.2 Å². The van der Waals surface area contributed by atoms with E-state index in [1.54, 1.807) is 0 Å². The highest BCUT2D eigenvalue weighted by atomic mass is 16.3. The van der Waals surface area contributed by atoms with E-state index in [-0.39, 0.29) is 0 Å². The zero-order valence-electron chi connectivity index (χ0n) is 11.5. The Morgan fingerprint density at radius 2 is 1.29 bits per heavy atom. The molecule has 17 heavy (non-hydrogen) atoms. The number of aliphatic hydroxyl groups is 2. The molecule has 0 saturated heterocycles. The average molecular weight is 238 g/mol. The van der Waals surface area contributed by atoms with Crippen LogP contribution in [0.2, 0.25) is 0 Å². The molecule has 0 aromatic heterocycles. The minimum absolute atomic E-state index is 0.300. The minimum Gasteiger partial charge on any atom is -0.390 e. The SMILES string of the molecule is CC1(C)[C@H]2[C@H]3[C@@H](CC[C@@]3(C)O)[C@@](C)(O)CC[C@H]21. The zero-order chi connectivity index (χ0) is 12.6. The van der Waals surface area contributed by atoms with E-state index in [0.29, 0.717) is 29.1 Å². The smallest absolute Gasteiger partial charge is 0.0654 e. The molecule has 2 N–H and O–H groups in total. The standard InChI is InChI=1S/C15H26O2/c1-13(2)9-5-7-14(3,16)10-6-8-15(4,17)12(10)11(9)13/h9-12,16-17H,5-8H2,1-4H3/t9-,10-,11-,12-,14+,15-/m1/s1. The van der Waals surface area contributed by atoms with Crippen molar-refractivity contribution in [2.45, 2.75) is 64.6 Å². The van der Waals surface area contributed by atoms with E-state index in [2.05, 4.69) is 13.8 Å². The van der Waals surface area contributed by atoms with Gasteiger partial charge in [-0.1, -0.05) is 13.8 Å². The third kappa shape index (κ3) is 1.46. The molecule has 6 atom stereocenters. The second kappa shape index (κ2) is 3.08. The molecule has 0 aliphatic heterocycles. The molecule has 3 aliphatic rings. The third-order valence-electron chi connectivity index (χ3n) is 6.40. The largest absolute Gasteiger partial charge is 0.390 e. The van der Waals surface area contributed by atoms with Crippen molar-refractivity contribution >= 4 is 0 Å². The molecule has 0 bridgehead atoms. The molecule has 98 valence electrons. The molecule has 2 heteroatoms. The van der Waals surface area contributed by atoms with E-state index in [0.717, 1.165) is 25.7 Å². The van der Waals surface area contributed by atoms with Crippen molar-refractivity contribution in [2.24, 2.45) is 29.1 Å². The van der Waals surface area contributed by atoms with Gasteiger partial charge in [-0.25, -0.2) is 0 Å². The van der Waals surface area contributed by atoms with Gasteiger partial charge < -0.3 is 10.2 Å². The Hall–Kier alpha value is -0.0800. The lowest BCUT2D eigenvalue weighted by Crippen LogP contribution is -2.43. The lowest BCUT2D eigenvalue weighted by Gasteiger charge is -2.37. The van der Waals surface area contributed by atoms with E-state index >= 15 is 0 Å². The molecule has 0 spiro atoms. The van der Waals surface area contributed by atoms with Crippen LogP contribution in [0.4, 0.5) is 0 Å². The van der Waals surface area contributed by atoms with Gasteiger partial charge in [0.15, 0.2) is 0 Å². The van der Waals surface area contributed by atoms with Crippen LogP contribution in [-0.2, 0) is 0 Å². The minimum atomic E-state index is -0.561. The second-order valence-corrected chi connectivity index (χ2v) is 7.88. The lowest BCUT2D eigenvalue weighted by atomic mass is 9.73. The van der Waals surface area contributed by atoms with Gasteiger partial charge >= 0.3 is 0 Å². The fourth-order valence-corrected chi connectivity index (χ4v) is 5.25. The van der Waals surface area contributed by atoms with Crippen molar-refractivity contribution in [1.29, 1.82) is 0 Å². The van der Waals surface area contributed by atoms with Crippen molar-refractivity contribution < 1.29 is 10.2 Å². The van der Waals surface area contributed by atoms with Crippen molar-refractivity contribution in [1.82, 2.24) is 0 Å². The molecular formula is C15H26O2. The molecule has 0 aromatic carbocycles. The first-order chi connectivity index (χ1) is 7.68.